The number of thiophene rings is 1. The van der Waals surface area contributed by atoms with Gasteiger partial charge in [0.2, 0.25) is 10.0 Å². The monoisotopic (exact) mass is 325 g/mol. The molecule has 0 saturated carbocycles. The van der Waals surface area contributed by atoms with Crippen molar-refractivity contribution in [2.45, 2.75) is 10.8 Å². The Bertz CT molecular complexity index is 503. The van der Waals surface area contributed by atoms with E-state index in [0.717, 1.165) is 17.4 Å². The normalized spacial score (nSPS) is 13.0. The van der Waals surface area contributed by atoms with E-state index in [1.54, 1.807) is 4.72 Å². The Labute approximate surface area is 110 Å². The first-order valence-electron chi connectivity index (χ1n) is 4.11. The van der Waals surface area contributed by atoms with Crippen LogP contribution in [0.4, 0.5) is 8.78 Å². The number of aliphatic hydroxyl groups excluding tert-OH is 1. The molecule has 0 bridgehead atoms. The molecule has 0 atom stereocenters. The molecule has 0 fully saturated rings. The molecule has 0 aliphatic carbocycles. The van der Waals surface area contributed by atoms with Crippen LogP contribution in [0.25, 0.3) is 0 Å². The SMILES string of the molecule is O=S(=O)(NCC(F)(F)CO)c1cc(Cl)sc1Cl. The van der Waals surface area contributed by atoms with E-state index in [0.29, 0.717) is 0 Å². The molecule has 98 valence electrons. The van der Waals surface area contributed by atoms with Gasteiger partial charge in [-0.1, -0.05) is 23.2 Å². The Kier molecular flexibility index (Phi) is 4.73. The Balaban J connectivity index is 2.87. The van der Waals surface area contributed by atoms with Gasteiger partial charge in [-0.15, -0.1) is 11.3 Å². The van der Waals surface area contributed by atoms with Gasteiger partial charge in [-0.05, 0) is 6.07 Å². The highest BCUT2D eigenvalue weighted by atomic mass is 35.5. The smallest absolute Gasteiger partial charge is 0.283 e. The van der Waals surface area contributed by atoms with Crippen LogP contribution in [0.3, 0.4) is 0 Å². The number of hydrogen-bond donors (Lipinski definition) is 2. The summed E-state index contributed by atoms with van der Waals surface area (Å²) in [5.74, 6) is -3.53. The van der Waals surface area contributed by atoms with Gasteiger partial charge in [-0.2, -0.15) is 0 Å². The van der Waals surface area contributed by atoms with Crippen LogP contribution in [0.2, 0.25) is 8.67 Å². The van der Waals surface area contributed by atoms with Crippen LogP contribution in [0.1, 0.15) is 0 Å². The van der Waals surface area contributed by atoms with Crippen molar-refractivity contribution < 1.29 is 22.3 Å². The van der Waals surface area contributed by atoms with E-state index in [1.807, 2.05) is 0 Å². The van der Waals surface area contributed by atoms with Gasteiger partial charge < -0.3 is 5.11 Å². The molecular weight excluding hydrogens is 319 g/mol. The third-order valence-corrected chi connectivity index (χ3v) is 4.82. The van der Waals surface area contributed by atoms with Crippen molar-refractivity contribution in [1.82, 2.24) is 4.72 Å². The van der Waals surface area contributed by atoms with E-state index in [-0.39, 0.29) is 13.6 Å². The van der Waals surface area contributed by atoms with Crippen LogP contribution in [-0.2, 0) is 10.0 Å². The van der Waals surface area contributed by atoms with Crippen LogP contribution in [0.5, 0.6) is 0 Å². The lowest BCUT2D eigenvalue weighted by Gasteiger charge is -2.13. The fraction of sp³-hybridized carbons (Fsp3) is 0.429. The molecule has 0 unspecified atom stereocenters. The lowest BCUT2D eigenvalue weighted by atomic mass is 10.4. The number of hydrogen-bond acceptors (Lipinski definition) is 4. The molecule has 0 aromatic carbocycles. The van der Waals surface area contributed by atoms with Crippen molar-refractivity contribution in [3.8, 4) is 0 Å². The van der Waals surface area contributed by atoms with E-state index >= 15 is 0 Å². The molecule has 17 heavy (non-hydrogen) atoms. The minimum absolute atomic E-state index is 0.116. The van der Waals surface area contributed by atoms with Crippen LogP contribution in [-0.4, -0.2) is 32.6 Å². The third kappa shape index (κ3) is 4.01. The molecule has 0 saturated heterocycles. The second kappa shape index (κ2) is 5.33. The second-order valence-electron chi connectivity index (χ2n) is 3.03. The lowest BCUT2D eigenvalue weighted by molar-refractivity contribution is -0.0437. The topological polar surface area (TPSA) is 66.4 Å². The standard InChI is InChI=1S/C7H7Cl2F2NO3S2/c8-5-1-4(6(9)16-5)17(14,15)12-2-7(10,11)3-13/h1,12-13H,2-3H2. The van der Waals surface area contributed by atoms with Gasteiger partial charge in [0.1, 0.15) is 15.8 Å². The Morgan fingerprint density at radius 3 is 2.47 bits per heavy atom. The number of sulfonamides is 1. The zero-order valence-electron chi connectivity index (χ0n) is 8.08. The van der Waals surface area contributed by atoms with Gasteiger partial charge in [-0.25, -0.2) is 21.9 Å². The highest BCUT2D eigenvalue weighted by Gasteiger charge is 2.31. The van der Waals surface area contributed by atoms with Gasteiger partial charge >= 0.3 is 0 Å². The molecule has 1 aromatic rings. The third-order valence-electron chi connectivity index (χ3n) is 1.67. The van der Waals surface area contributed by atoms with E-state index in [4.69, 9.17) is 28.3 Å². The molecule has 0 aliphatic rings. The number of halogens is 4. The van der Waals surface area contributed by atoms with E-state index in [1.165, 1.54) is 0 Å². The van der Waals surface area contributed by atoms with Crippen LogP contribution < -0.4 is 4.72 Å². The first kappa shape index (κ1) is 15.1. The summed E-state index contributed by atoms with van der Waals surface area (Å²) in [5.41, 5.74) is 0. The van der Waals surface area contributed by atoms with Crippen molar-refractivity contribution in [2.24, 2.45) is 0 Å². The van der Waals surface area contributed by atoms with Crippen LogP contribution in [0.15, 0.2) is 11.0 Å². The largest absolute Gasteiger partial charge is 0.390 e. The average Bonchev–Trinajstić information content (AvgIpc) is 2.56. The first-order valence-corrected chi connectivity index (χ1v) is 7.17. The summed E-state index contributed by atoms with van der Waals surface area (Å²) in [5, 5.41) is 8.29. The molecular formula is C7H7Cl2F2NO3S2. The second-order valence-corrected chi connectivity index (χ2v) is 7.05. The number of aliphatic hydroxyl groups is 1. The summed E-state index contributed by atoms with van der Waals surface area (Å²) in [6.07, 6.45) is 0. The minimum atomic E-state index is -4.16. The van der Waals surface area contributed by atoms with Crippen molar-refractivity contribution in [3.63, 3.8) is 0 Å². The predicted octanol–water partition coefficient (Wildman–Crippen LogP) is 1.96. The molecule has 0 amide bonds. The van der Waals surface area contributed by atoms with Crippen LogP contribution in [0, 0.1) is 0 Å². The zero-order chi connectivity index (χ0) is 13.3. The molecule has 1 aromatic heterocycles. The summed E-state index contributed by atoms with van der Waals surface area (Å²) in [4.78, 5) is -0.358. The quantitative estimate of drug-likeness (QED) is 0.869. The van der Waals surface area contributed by atoms with Gasteiger partial charge in [0, 0.05) is 0 Å². The molecule has 1 rings (SSSR count). The average molecular weight is 326 g/mol. The highest BCUT2D eigenvalue weighted by molar-refractivity contribution is 7.89. The molecule has 10 heteroatoms. The fourth-order valence-electron chi connectivity index (χ4n) is 0.843. The predicted molar refractivity (Wildman–Crippen MR) is 61.6 cm³/mol. The summed E-state index contributed by atoms with van der Waals surface area (Å²) >= 11 is 11.9. The lowest BCUT2D eigenvalue weighted by Crippen LogP contribution is -2.38. The highest BCUT2D eigenvalue weighted by Crippen LogP contribution is 2.34. The van der Waals surface area contributed by atoms with Crippen molar-refractivity contribution >= 4 is 44.6 Å². The number of alkyl halides is 2. The molecule has 4 nitrogen and oxygen atoms in total. The Morgan fingerprint density at radius 2 is 2.06 bits per heavy atom. The van der Waals surface area contributed by atoms with Crippen molar-refractivity contribution in [3.05, 3.63) is 14.7 Å². The first-order chi connectivity index (χ1) is 7.68. The molecule has 2 N–H and O–H groups in total. The molecule has 0 radical (unpaired) electrons. The minimum Gasteiger partial charge on any atom is -0.390 e. The van der Waals surface area contributed by atoms with Crippen molar-refractivity contribution in [2.75, 3.05) is 13.2 Å². The molecule has 0 spiro atoms. The van der Waals surface area contributed by atoms with E-state index in [9.17, 15) is 17.2 Å². The Hall–Kier alpha value is 0.01000. The Morgan fingerprint density at radius 1 is 1.47 bits per heavy atom. The summed E-state index contributed by atoms with van der Waals surface area (Å²) < 4.78 is 50.1. The van der Waals surface area contributed by atoms with Gasteiger partial charge in [0.15, 0.2) is 0 Å². The number of rotatable bonds is 5. The fourth-order valence-corrected chi connectivity index (χ4v) is 4.05. The van der Waals surface area contributed by atoms with Gasteiger partial charge in [0.25, 0.3) is 5.92 Å². The summed E-state index contributed by atoms with van der Waals surface area (Å²) in [7, 11) is -4.16. The van der Waals surface area contributed by atoms with E-state index < -0.39 is 29.1 Å². The van der Waals surface area contributed by atoms with Gasteiger partial charge in [0.05, 0.1) is 10.9 Å². The number of nitrogens with one attached hydrogen (secondary N) is 1. The van der Waals surface area contributed by atoms with Crippen LogP contribution >= 0.6 is 34.5 Å². The van der Waals surface area contributed by atoms with Gasteiger partial charge in [-0.3, -0.25) is 0 Å². The molecule has 0 aliphatic heterocycles. The summed E-state index contributed by atoms with van der Waals surface area (Å²) in [6.45, 7) is -2.66. The van der Waals surface area contributed by atoms with E-state index in [2.05, 4.69) is 0 Å². The maximum Gasteiger partial charge on any atom is 0.283 e. The zero-order valence-corrected chi connectivity index (χ0v) is 11.2. The maximum absolute atomic E-state index is 12.7. The molecule has 1 heterocycles. The van der Waals surface area contributed by atoms with Crippen molar-refractivity contribution in [1.29, 1.82) is 0 Å². The summed E-state index contributed by atoms with van der Waals surface area (Å²) in [6, 6.07) is 1.06. The maximum atomic E-state index is 12.7.